The molecule has 0 fully saturated rings. The molecule has 0 atom stereocenters. The Hall–Kier alpha value is -2.27. The fraction of sp³-hybridized carbons (Fsp3) is 0.188. The van der Waals surface area contributed by atoms with E-state index in [4.69, 9.17) is 10.00 Å². The van der Waals surface area contributed by atoms with E-state index in [-0.39, 0.29) is 0 Å². The number of ether oxygens (including phenoxy) is 1. The van der Waals surface area contributed by atoms with Gasteiger partial charge in [0.15, 0.2) is 0 Å². The Morgan fingerprint density at radius 2 is 1.94 bits per heavy atom. The van der Waals surface area contributed by atoms with Gasteiger partial charge in [-0.15, -0.1) is 0 Å². The van der Waals surface area contributed by atoms with Gasteiger partial charge < -0.3 is 4.74 Å². The molecule has 18 heavy (non-hydrogen) atoms. The highest BCUT2D eigenvalue weighted by atomic mass is 16.5. The molecule has 0 amide bonds. The van der Waals surface area contributed by atoms with Crippen molar-refractivity contribution >= 4 is 0 Å². The highest BCUT2D eigenvalue weighted by Crippen LogP contribution is 2.30. The highest BCUT2D eigenvalue weighted by Gasteiger charge is 2.06. The quantitative estimate of drug-likeness (QED) is 0.814. The van der Waals surface area contributed by atoms with Gasteiger partial charge in [0.1, 0.15) is 5.75 Å². The molecule has 0 unspecified atom stereocenters. The van der Waals surface area contributed by atoms with E-state index in [9.17, 15) is 0 Å². The number of rotatable bonds is 3. The zero-order valence-corrected chi connectivity index (χ0v) is 10.6. The minimum Gasteiger partial charge on any atom is -0.496 e. The van der Waals surface area contributed by atoms with Gasteiger partial charge in [-0.25, -0.2) is 0 Å². The number of benzene rings is 2. The lowest BCUT2D eigenvalue weighted by Crippen LogP contribution is -1.91. The van der Waals surface area contributed by atoms with Crippen LogP contribution in [0.2, 0.25) is 0 Å². The molecular weight excluding hydrogens is 222 g/mol. The summed E-state index contributed by atoms with van der Waals surface area (Å²) < 4.78 is 5.36. The Balaban J connectivity index is 2.51. The van der Waals surface area contributed by atoms with Crippen molar-refractivity contribution in [3.63, 3.8) is 0 Å². The van der Waals surface area contributed by atoms with Gasteiger partial charge >= 0.3 is 0 Å². The normalized spacial score (nSPS) is 9.83. The summed E-state index contributed by atoms with van der Waals surface area (Å²) in [5, 5.41) is 8.83. The Labute approximate surface area is 107 Å². The summed E-state index contributed by atoms with van der Waals surface area (Å²) in [5.74, 6) is 0.851. The van der Waals surface area contributed by atoms with Crippen LogP contribution in [0, 0.1) is 18.3 Å². The zero-order chi connectivity index (χ0) is 13.0. The minimum atomic E-state index is 0.439. The molecule has 2 aromatic carbocycles. The Morgan fingerprint density at radius 1 is 1.17 bits per heavy atom. The Bertz CT molecular complexity index is 596. The van der Waals surface area contributed by atoms with Crippen molar-refractivity contribution < 1.29 is 4.74 Å². The predicted molar refractivity (Wildman–Crippen MR) is 72.5 cm³/mol. The van der Waals surface area contributed by atoms with Gasteiger partial charge in [-0.1, -0.05) is 30.3 Å². The van der Waals surface area contributed by atoms with Crippen molar-refractivity contribution in [1.82, 2.24) is 0 Å². The van der Waals surface area contributed by atoms with E-state index < -0.39 is 0 Å². The van der Waals surface area contributed by atoms with Gasteiger partial charge in [-0.05, 0) is 35.7 Å². The first-order valence-corrected chi connectivity index (χ1v) is 5.86. The number of methoxy groups -OCH3 is 1. The molecule has 2 heteroatoms. The Kier molecular flexibility index (Phi) is 3.64. The summed E-state index contributed by atoms with van der Waals surface area (Å²) in [6.07, 6.45) is 0.439. The summed E-state index contributed by atoms with van der Waals surface area (Å²) >= 11 is 0. The lowest BCUT2D eigenvalue weighted by Gasteiger charge is -2.10. The van der Waals surface area contributed by atoms with Crippen LogP contribution in [0.25, 0.3) is 11.1 Å². The van der Waals surface area contributed by atoms with Crippen molar-refractivity contribution in [3.05, 3.63) is 53.6 Å². The molecule has 0 aliphatic carbocycles. The fourth-order valence-electron chi connectivity index (χ4n) is 2.00. The van der Waals surface area contributed by atoms with Crippen LogP contribution < -0.4 is 4.74 Å². The number of hydrogen-bond acceptors (Lipinski definition) is 2. The van der Waals surface area contributed by atoms with Gasteiger partial charge in [0.2, 0.25) is 0 Å². The van der Waals surface area contributed by atoms with E-state index >= 15 is 0 Å². The molecule has 90 valence electrons. The van der Waals surface area contributed by atoms with E-state index in [0.29, 0.717) is 6.42 Å². The average molecular weight is 237 g/mol. The summed E-state index contributed by atoms with van der Waals surface area (Å²) in [4.78, 5) is 0. The van der Waals surface area contributed by atoms with Crippen molar-refractivity contribution in [3.8, 4) is 22.9 Å². The van der Waals surface area contributed by atoms with Crippen LogP contribution in [-0.4, -0.2) is 7.11 Å². The number of para-hydroxylation sites is 1. The maximum atomic E-state index is 8.83. The molecule has 0 aliphatic heterocycles. The maximum absolute atomic E-state index is 8.83. The number of nitriles is 1. The smallest absolute Gasteiger partial charge is 0.126 e. The molecule has 0 bridgehead atoms. The second kappa shape index (κ2) is 5.37. The van der Waals surface area contributed by atoms with E-state index in [1.807, 2.05) is 31.2 Å². The first-order valence-electron chi connectivity index (χ1n) is 5.86. The molecule has 0 saturated heterocycles. The molecule has 0 saturated carbocycles. The molecule has 0 radical (unpaired) electrons. The monoisotopic (exact) mass is 237 g/mol. The number of hydrogen-bond donors (Lipinski definition) is 0. The lowest BCUT2D eigenvalue weighted by molar-refractivity contribution is 0.416. The third kappa shape index (κ3) is 2.36. The predicted octanol–water partition coefficient (Wildman–Crippen LogP) is 3.74. The van der Waals surface area contributed by atoms with Crippen molar-refractivity contribution in [2.24, 2.45) is 0 Å². The highest BCUT2D eigenvalue weighted by molar-refractivity contribution is 5.71. The Morgan fingerprint density at radius 3 is 2.67 bits per heavy atom. The summed E-state index contributed by atoms with van der Waals surface area (Å²) in [7, 11) is 1.67. The van der Waals surface area contributed by atoms with Crippen LogP contribution in [0.5, 0.6) is 5.75 Å². The van der Waals surface area contributed by atoms with Gasteiger partial charge in [0.25, 0.3) is 0 Å². The number of nitrogens with zero attached hydrogens (tertiary/aromatic N) is 1. The summed E-state index contributed by atoms with van der Waals surface area (Å²) in [5.41, 5.74) is 4.36. The van der Waals surface area contributed by atoms with E-state index in [1.165, 1.54) is 0 Å². The van der Waals surface area contributed by atoms with Crippen LogP contribution in [0.15, 0.2) is 42.5 Å². The fourth-order valence-corrected chi connectivity index (χ4v) is 2.00. The third-order valence-electron chi connectivity index (χ3n) is 3.04. The summed E-state index contributed by atoms with van der Waals surface area (Å²) in [6.45, 7) is 2.03. The van der Waals surface area contributed by atoms with Gasteiger partial charge in [0.05, 0.1) is 19.6 Å². The van der Waals surface area contributed by atoms with E-state index in [1.54, 1.807) is 7.11 Å². The van der Waals surface area contributed by atoms with Gasteiger partial charge in [0, 0.05) is 5.56 Å². The molecule has 0 aromatic heterocycles. The second-order valence-corrected chi connectivity index (χ2v) is 4.18. The minimum absolute atomic E-state index is 0.439. The van der Waals surface area contributed by atoms with Crippen LogP contribution in [-0.2, 0) is 6.42 Å². The molecule has 2 aromatic rings. The van der Waals surface area contributed by atoms with E-state index in [2.05, 4.69) is 24.3 Å². The van der Waals surface area contributed by atoms with E-state index in [0.717, 1.165) is 28.0 Å². The molecule has 0 N–H and O–H groups in total. The van der Waals surface area contributed by atoms with Gasteiger partial charge in [-0.3, -0.25) is 0 Å². The first-order chi connectivity index (χ1) is 8.76. The molecule has 0 spiro atoms. The number of aryl methyl sites for hydroxylation is 1. The summed E-state index contributed by atoms with van der Waals surface area (Å²) in [6, 6.07) is 16.3. The average Bonchev–Trinajstić information content (AvgIpc) is 2.41. The molecular formula is C16H15NO. The zero-order valence-electron chi connectivity index (χ0n) is 10.6. The molecule has 0 aliphatic rings. The van der Waals surface area contributed by atoms with Gasteiger partial charge in [-0.2, -0.15) is 5.26 Å². The maximum Gasteiger partial charge on any atom is 0.126 e. The van der Waals surface area contributed by atoms with Crippen LogP contribution in [0.3, 0.4) is 0 Å². The first kappa shape index (κ1) is 12.2. The van der Waals surface area contributed by atoms with Crippen molar-refractivity contribution in [2.45, 2.75) is 13.3 Å². The molecule has 2 rings (SSSR count). The molecule has 0 heterocycles. The van der Waals surface area contributed by atoms with Crippen LogP contribution in [0.4, 0.5) is 0 Å². The van der Waals surface area contributed by atoms with Crippen LogP contribution >= 0.6 is 0 Å². The largest absolute Gasteiger partial charge is 0.496 e. The van der Waals surface area contributed by atoms with Crippen LogP contribution in [0.1, 0.15) is 11.1 Å². The third-order valence-corrected chi connectivity index (χ3v) is 3.04. The topological polar surface area (TPSA) is 33.0 Å². The molecule has 2 nitrogen and oxygen atoms in total. The van der Waals surface area contributed by atoms with Crippen molar-refractivity contribution in [2.75, 3.05) is 7.11 Å². The second-order valence-electron chi connectivity index (χ2n) is 4.18. The van der Waals surface area contributed by atoms with Crippen molar-refractivity contribution in [1.29, 1.82) is 5.26 Å². The SMILES string of the molecule is COc1ccccc1-c1ccc(C)c(CC#N)c1. The lowest BCUT2D eigenvalue weighted by atomic mass is 9.98. The standard InChI is InChI=1S/C16H15NO/c1-12-7-8-14(11-13(12)9-10-17)15-5-3-4-6-16(15)18-2/h3-8,11H,9H2,1-2H3.